The van der Waals surface area contributed by atoms with E-state index in [0.29, 0.717) is 43.9 Å². The first kappa shape index (κ1) is 20.2. The van der Waals surface area contributed by atoms with Gasteiger partial charge in [-0.25, -0.2) is 17.7 Å². The van der Waals surface area contributed by atoms with E-state index in [4.69, 9.17) is 0 Å². The molecule has 0 spiro atoms. The van der Waals surface area contributed by atoms with Gasteiger partial charge in [-0.15, -0.1) is 0 Å². The van der Waals surface area contributed by atoms with Crippen molar-refractivity contribution in [3.05, 3.63) is 28.7 Å². The van der Waals surface area contributed by atoms with Crippen molar-refractivity contribution in [1.82, 2.24) is 18.8 Å². The highest BCUT2D eigenvalue weighted by atomic mass is 32.2. The highest BCUT2D eigenvalue weighted by Gasteiger charge is 2.39. The van der Waals surface area contributed by atoms with Crippen LogP contribution in [-0.2, 0) is 10.0 Å². The molecule has 2 aromatic rings. The van der Waals surface area contributed by atoms with Gasteiger partial charge in [-0.3, -0.25) is 9.36 Å². The number of hydrogen-bond acceptors (Lipinski definition) is 7. The molecule has 158 valence electrons. The van der Waals surface area contributed by atoms with Crippen molar-refractivity contribution in [2.45, 2.75) is 56.7 Å². The van der Waals surface area contributed by atoms with Gasteiger partial charge in [0.25, 0.3) is 5.56 Å². The first-order chi connectivity index (χ1) is 13.6. The average molecular weight is 422 g/mol. The Hall–Kier alpha value is -2.04. The van der Waals surface area contributed by atoms with E-state index in [0.717, 1.165) is 18.2 Å². The number of piperidine rings is 1. The first-order valence-electron chi connectivity index (χ1n) is 9.97. The molecule has 2 aromatic heterocycles. The Kier molecular flexibility index (Phi) is 5.12. The summed E-state index contributed by atoms with van der Waals surface area (Å²) in [5.74, 6) is 0.410. The molecule has 1 saturated heterocycles. The van der Waals surface area contributed by atoms with Gasteiger partial charge in [0.15, 0.2) is 0 Å². The molecule has 1 aliphatic heterocycles. The van der Waals surface area contributed by atoms with Crippen LogP contribution >= 0.6 is 0 Å². The minimum absolute atomic E-state index is 0.0592. The van der Waals surface area contributed by atoms with E-state index >= 15 is 0 Å². The maximum atomic E-state index is 12.6. The molecule has 0 aromatic carbocycles. The van der Waals surface area contributed by atoms with Crippen LogP contribution in [0.1, 0.15) is 45.1 Å². The molecule has 0 radical (unpaired) electrons. The summed E-state index contributed by atoms with van der Waals surface area (Å²) in [5, 5.41) is 14.8. The lowest BCUT2D eigenvalue weighted by atomic mass is 10.00. The fraction of sp³-hybridized carbons (Fsp3) is 0.632. The first-order valence-corrected chi connectivity index (χ1v) is 11.8. The number of pyridine rings is 1. The third kappa shape index (κ3) is 4.01. The largest absolute Gasteiger partial charge is 0.388 e. The molecule has 0 unspecified atom stereocenters. The molecule has 3 heterocycles. The molecule has 29 heavy (non-hydrogen) atoms. The number of hydrogen-bond donors (Lipinski definition) is 2. The normalized spacial score (nSPS) is 26.8. The zero-order valence-corrected chi connectivity index (χ0v) is 17.5. The number of sulfonamides is 1. The smallest absolute Gasteiger partial charge is 0.252 e. The number of aromatic nitrogens is 3. The molecule has 2 aliphatic rings. The van der Waals surface area contributed by atoms with E-state index in [2.05, 4.69) is 15.3 Å². The standard InChI is InChI=1S/C19H27N5O4S/c1-19(26)9-3-4-15(19)24-16(25)6-5-13-12-20-18(22-17(13)24)21-14-7-10-23(11-8-14)29(2,27)28/h5-6,12,14-15,26H,3-4,7-11H2,1-2H3,(H,20,21,22)/t15-,19-/m1/s1. The van der Waals surface area contributed by atoms with Crippen LogP contribution < -0.4 is 10.9 Å². The van der Waals surface area contributed by atoms with Gasteiger partial charge in [-0.05, 0) is 45.1 Å². The van der Waals surface area contributed by atoms with Gasteiger partial charge in [0.2, 0.25) is 16.0 Å². The van der Waals surface area contributed by atoms with Crippen LogP contribution in [0.3, 0.4) is 0 Å². The molecule has 1 aliphatic carbocycles. The predicted molar refractivity (Wildman–Crippen MR) is 110 cm³/mol. The lowest BCUT2D eigenvalue weighted by molar-refractivity contribution is 0.0267. The lowest BCUT2D eigenvalue weighted by Gasteiger charge is -2.31. The predicted octanol–water partition coefficient (Wildman–Crippen LogP) is 1.10. The van der Waals surface area contributed by atoms with Crippen LogP contribution in [0.2, 0.25) is 0 Å². The molecule has 4 rings (SSSR count). The van der Waals surface area contributed by atoms with E-state index < -0.39 is 15.6 Å². The molecular weight excluding hydrogens is 394 g/mol. The molecule has 2 atom stereocenters. The fourth-order valence-electron chi connectivity index (χ4n) is 4.46. The van der Waals surface area contributed by atoms with Crippen LogP contribution in [0.15, 0.2) is 23.1 Å². The number of fused-ring (bicyclic) bond motifs is 1. The Morgan fingerprint density at radius 3 is 2.59 bits per heavy atom. The second kappa shape index (κ2) is 7.33. The Morgan fingerprint density at radius 1 is 1.24 bits per heavy atom. The highest BCUT2D eigenvalue weighted by Crippen LogP contribution is 2.39. The topological polar surface area (TPSA) is 117 Å². The van der Waals surface area contributed by atoms with Crippen molar-refractivity contribution in [3.8, 4) is 0 Å². The third-order valence-corrected chi connectivity index (χ3v) is 7.42. The summed E-state index contributed by atoms with van der Waals surface area (Å²) in [6.45, 7) is 2.69. The van der Waals surface area contributed by atoms with E-state index in [1.165, 1.54) is 16.6 Å². The van der Waals surface area contributed by atoms with Crippen molar-refractivity contribution in [2.24, 2.45) is 0 Å². The quantitative estimate of drug-likeness (QED) is 0.759. The Labute approximate surface area is 169 Å². The van der Waals surface area contributed by atoms with Gasteiger partial charge in [0.1, 0.15) is 5.65 Å². The van der Waals surface area contributed by atoms with Gasteiger partial charge in [0, 0.05) is 36.8 Å². The third-order valence-electron chi connectivity index (χ3n) is 6.11. The molecule has 9 nitrogen and oxygen atoms in total. The van der Waals surface area contributed by atoms with E-state index in [1.807, 2.05) is 0 Å². The summed E-state index contributed by atoms with van der Waals surface area (Å²) in [5.41, 5.74) is -0.624. The Bertz CT molecular complexity index is 1070. The summed E-state index contributed by atoms with van der Waals surface area (Å²) in [4.78, 5) is 21.6. The van der Waals surface area contributed by atoms with Crippen molar-refractivity contribution < 1.29 is 13.5 Å². The highest BCUT2D eigenvalue weighted by molar-refractivity contribution is 7.88. The number of rotatable bonds is 4. The lowest BCUT2D eigenvalue weighted by Crippen LogP contribution is -2.42. The summed E-state index contributed by atoms with van der Waals surface area (Å²) < 4.78 is 26.4. The molecule has 1 saturated carbocycles. The van der Waals surface area contributed by atoms with Crippen molar-refractivity contribution >= 4 is 27.0 Å². The number of aliphatic hydroxyl groups is 1. The van der Waals surface area contributed by atoms with Crippen LogP contribution in [0, 0.1) is 0 Å². The Balaban J connectivity index is 1.61. The number of nitrogens with zero attached hydrogens (tertiary/aromatic N) is 4. The summed E-state index contributed by atoms with van der Waals surface area (Å²) >= 11 is 0. The van der Waals surface area contributed by atoms with Crippen LogP contribution in [0.5, 0.6) is 0 Å². The van der Waals surface area contributed by atoms with Gasteiger partial charge in [0.05, 0.1) is 17.9 Å². The van der Waals surface area contributed by atoms with E-state index in [1.54, 1.807) is 23.8 Å². The zero-order chi connectivity index (χ0) is 20.8. The van der Waals surface area contributed by atoms with Crippen molar-refractivity contribution in [2.75, 3.05) is 24.7 Å². The fourth-order valence-corrected chi connectivity index (χ4v) is 5.34. The maximum absolute atomic E-state index is 12.6. The number of nitrogens with one attached hydrogen (secondary N) is 1. The second-order valence-electron chi connectivity index (χ2n) is 8.36. The monoisotopic (exact) mass is 421 g/mol. The van der Waals surface area contributed by atoms with Gasteiger partial charge in [-0.2, -0.15) is 4.98 Å². The minimum atomic E-state index is -3.17. The summed E-state index contributed by atoms with van der Waals surface area (Å²) in [6, 6.07) is 2.93. The molecule has 0 amide bonds. The van der Waals surface area contributed by atoms with Crippen LogP contribution in [0.25, 0.3) is 11.0 Å². The molecular formula is C19H27N5O4S. The molecule has 2 fully saturated rings. The summed E-state index contributed by atoms with van der Waals surface area (Å²) in [7, 11) is -3.17. The van der Waals surface area contributed by atoms with Gasteiger partial charge >= 0.3 is 0 Å². The molecule has 0 bridgehead atoms. The second-order valence-corrected chi connectivity index (χ2v) is 10.3. The SMILES string of the molecule is C[C@@]1(O)CCC[C@H]1n1c(=O)ccc2cnc(NC3CCN(S(C)(=O)=O)CC3)nc21. The average Bonchev–Trinajstić information content (AvgIpc) is 3.00. The number of anilines is 1. The Morgan fingerprint density at radius 2 is 1.97 bits per heavy atom. The van der Waals surface area contributed by atoms with Gasteiger partial charge < -0.3 is 10.4 Å². The maximum Gasteiger partial charge on any atom is 0.252 e. The molecule has 2 N–H and O–H groups in total. The van der Waals surface area contributed by atoms with Crippen LogP contribution in [0.4, 0.5) is 5.95 Å². The van der Waals surface area contributed by atoms with Crippen molar-refractivity contribution in [3.63, 3.8) is 0 Å². The van der Waals surface area contributed by atoms with Crippen molar-refractivity contribution in [1.29, 1.82) is 0 Å². The van der Waals surface area contributed by atoms with E-state index in [-0.39, 0.29) is 17.6 Å². The summed E-state index contributed by atoms with van der Waals surface area (Å²) in [6.07, 6.45) is 6.45. The minimum Gasteiger partial charge on any atom is -0.388 e. The van der Waals surface area contributed by atoms with Gasteiger partial charge in [-0.1, -0.05) is 0 Å². The molecule has 10 heteroatoms. The van der Waals surface area contributed by atoms with Crippen LogP contribution in [-0.4, -0.2) is 63.4 Å². The van der Waals surface area contributed by atoms with E-state index in [9.17, 15) is 18.3 Å². The zero-order valence-electron chi connectivity index (χ0n) is 16.7.